The first-order valence-electron chi connectivity index (χ1n) is 4.49. The van der Waals surface area contributed by atoms with E-state index in [1.54, 1.807) is 24.7 Å². The van der Waals surface area contributed by atoms with Crippen LogP contribution in [0, 0.1) is 0 Å². The average molecular weight is 204 g/mol. The van der Waals surface area contributed by atoms with Crippen LogP contribution < -0.4 is 16.8 Å². The number of hydrogen-bond acceptors (Lipinski definition) is 5. The Morgan fingerprint density at radius 1 is 1.33 bits per heavy atom. The monoisotopic (exact) mass is 204 g/mol. The van der Waals surface area contributed by atoms with Crippen molar-refractivity contribution >= 4 is 17.3 Å². The van der Waals surface area contributed by atoms with Gasteiger partial charge in [0.25, 0.3) is 0 Å². The lowest BCUT2D eigenvalue weighted by Crippen LogP contribution is -2.04. The van der Waals surface area contributed by atoms with Crippen molar-refractivity contribution in [1.82, 2.24) is 15.0 Å². The molecule has 0 radical (unpaired) electrons. The molecule has 2 rings (SSSR count). The van der Waals surface area contributed by atoms with Crippen LogP contribution in [0.3, 0.4) is 0 Å². The summed E-state index contributed by atoms with van der Waals surface area (Å²) in [6.07, 6.45) is 3.37. The predicted octanol–water partition coefficient (Wildman–Crippen LogP) is 0.581. The number of rotatable bonds is 3. The molecule has 0 spiro atoms. The molecular weight excluding hydrogens is 192 g/mol. The van der Waals surface area contributed by atoms with E-state index in [1.807, 2.05) is 0 Å². The molecule has 6 heteroatoms. The standard InChI is InChI=1S/C9H12N6/c10-7-1-2-8(15-9(7)11)13-4-6-3-12-5-14-6/h1-3,5H,4,10H2,(H,12,14)(H3,11,13,15). The van der Waals surface area contributed by atoms with Crippen LogP contribution in [-0.4, -0.2) is 15.0 Å². The normalized spacial score (nSPS) is 10.1. The van der Waals surface area contributed by atoms with Crippen LogP contribution in [-0.2, 0) is 6.54 Å². The molecule has 2 heterocycles. The van der Waals surface area contributed by atoms with Crippen molar-refractivity contribution in [3.05, 3.63) is 30.4 Å². The number of pyridine rings is 1. The zero-order chi connectivity index (χ0) is 10.7. The Morgan fingerprint density at radius 3 is 2.87 bits per heavy atom. The Balaban J connectivity index is 2.02. The van der Waals surface area contributed by atoms with Crippen molar-refractivity contribution in [2.24, 2.45) is 0 Å². The van der Waals surface area contributed by atoms with E-state index < -0.39 is 0 Å². The molecule has 0 atom stereocenters. The van der Waals surface area contributed by atoms with Crippen molar-refractivity contribution in [2.45, 2.75) is 6.54 Å². The maximum absolute atomic E-state index is 5.57. The number of nitrogens with two attached hydrogens (primary N) is 2. The molecule has 2 aromatic heterocycles. The first-order chi connectivity index (χ1) is 7.25. The van der Waals surface area contributed by atoms with E-state index in [9.17, 15) is 0 Å². The second kappa shape index (κ2) is 3.87. The summed E-state index contributed by atoms with van der Waals surface area (Å²) in [5.41, 5.74) is 12.6. The fraction of sp³-hybridized carbons (Fsp3) is 0.111. The van der Waals surface area contributed by atoms with Gasteiger partial charge in [0, 0.05) is 6.20 Å². The van der Waals surface area contributed by atoms with Gasteiger partial charge in [0.1, 0.15) is 11.6 Å². The van der Waals surface area contributed by atoms with Gasteiger partial charge in [0.15, 0.2) is 0 Å². The molecule has 6 nitrogen and oxygen atoms in total. The fourth-order valence-electron chi connectivity index (χ4n) is 1.15. The van der Waals surface area contributed by atoms with Crippen molar-refractivity contribution in [3.8, 4) is 0 Å². The van der Waals surface area contributed by atoms with Crippen molar-refractivity contribution in [3.63, 3.8) is 0 Å². The molecule has 6 N–H and O–H groups in total. The summed E-state index contributed by atoms with van der Waals surface area (Å²) in [6.45, 7) is 0.621. The van der Waals surface area contributed by atoms with E-state index in [2.05, 4.69) is 20.3 Å². The van der Waals surface area contributed by atoms with Gasteiger partial charge in [0.2, 0.25) is 0 Å². The molecule has 0 aliphatic carbocycles. The summed E-state index contributed by atoms with van der Waals surface area (Å²) in [5.74, 6) is 1.03. The molecule has 0 unspecified atom stereocenters. The first kappa shape index (κ1) is 9.32. The Bertz CT molecular complexity index is 436. The highest BCUT2D eigenvalue weighted by atomic mass is 15.0. The van der Waals surface area contributed by atoms with Crippen LogP contribution in [0.2, 0.25) is 0 Å². The molecule has 2 aromatic rings. The zero-order valence-electron chi connectivity index (χ0n) is 8.07. The van der Waals surface area contributed by atoms with Gasteiger partial charge in [-0.1, -0.05) is 0 Å². The summed E-state index contributed by atoms with van der Waals surface area (Å²) in [6, 6.07) is 3.50. The molecule has 0 aliphatic rings. The second-order valence-electron chi connectivity index (χ2n) is 3.10. The molecule has 0 aromatic carbocycles. The Morgan fingerprint density at radius 2 is 2.20 bits per heavy atom. The largest absolute Gasteiger partial charge is 0.396 e. The number of anilines is 3. The van der Waals surface area contributed by atoms with Gasteiger partial charge in [-0.05, 0) is 12.1 Å². The van der Waals surface area contributed by atoms with Gasteiger partial charge >= 0.3 is 0 Å². The van der Waals surface area contributed by atoms with Crippen LogP contribution in [0.5, 0.6) is 0 Å². The average Bonchev–Trinajstić information content (AvgIpc) is 2.73. The molecule has 0 fully saturated rings. The number of aromatic amines is 1. The third kappa shape index (κ3) is 2.16. The number of H-pyrrole nitrogens is 1. The molecule has 0 aliphatic heterocycles. The Hall–Kier alpha value is -2.24. The SMILES string of the molecule is Nc1ccc(NCc2cnc[nH]2)nc1N. The third-order valence-corrected chi connectivity index (χ3v) is 1.97. The van der Waals surface area contributed by atoms with Gasteiger partial charge in [-0.3, -0.25) is 0 Å². The smallest absolute Gasteiger partial charge is 0.149 e. The molecule has 0 amide bonds. The van der Waals surface area contributed by atoms with E-state index in [0.717, 1.165) is 5.69 Å². The number of aromatic nitrogens is 3. The third-order valence-electron chi connectivity index (χ3n) is 1.97. The topological polar surface area (TPSA) is 106 Å². The highest BCUT2D eigenvalue weighted by molar-refractivity contribution is 5.61. The van der Waals surface area contributed by atoms with Crippen molar-refractivity contribution < 1.29 is 0 Å². The van der Waals surface area contributed by atoms with Crippen LogP contribution in [0.4, 0.5) is 17.3 Å². The molecule has 0 saturated carbocycles. The lowest BCUT2D eigenvalue weighted by atomic mass is 10.3. The maximum atomic E-state index is 5.57. The minimum atomic E-state index is 0.338. The van der Waals surface area contributed by atoms with Gasteiger partial charge in [0.05, 0.1) is 24.3 Å². The lowest BCUT2D eigenvalue weighted by molar-refractivity contribution is 1.05. The minimum Gasteiger partial charge on any atom is -0.396 e. The Kier molecular flexibility index (Phi) is 2.40. The molecule has 0 saturated heterocycles. The second-order valence-corrected chi connectivity index (χ2v) is 3.10. The van der Waals surface area contributed by atoms with Gasteiger partial charge < -0.3 is 21.8 Å². The van der Waals surface area contributed by atoms with E-state index in [-0.39, 0.29) is 0 Å². The van der Waals surface area contributed by atoms with Crippen molar-refractivity contribution in [2.75, 3.05) is 16.8 Å². The van der Waals surface area contributed by atoms with Crippen molar-refractivity contribution in [1.29, 1.82) is 0 Å². The van der Waals surface area contributed by atoms with Crippen LogP contribution in [0.1, 0.15) is 5.69 Å². The summed E-state index contributed by atoms with van der Waals surface area (Å²) < 4.78 is 0. The maximum Gasteiger partial charge on any atom is 0.149 e. The summed E-state index contributed by atoms with van der Waals surface area (Å²) in [5, 5.41) is 3.10. The molecular formula is C9H12N6. The first-order valence-corrected chi connectivity index (χ1v) is 4.49. The predicted molar refractivity (Wildman–Crippen MR) is 59.0 cm³/mol. The Labute approximate surface area is 86.7 Å². The van der Waals surface area contributed by atoms with Crippen LogP contribution in [0.15, 0.2) is 24.7 Å². The number of hydrogen-bond donors (Lipinski definition) is 4. The highest BCUT2D eigenvalue weighted by Gasteiger charge is 1.99. The molecule has 78 valence electrons. The van der Waals surface area contributed by atoms with Gasteiger partial charge in [-0.2, -0.15) is 0 Å². The van der Waals surface area contributed by atoms with E-state index in [1.165, 1.54) is 0 Å². The summed E-state index contributed by atoms with van der Waals surface area (Å²) >= 11 is 0. The van der Waals surface area contributed by atoms with Crippen LogP contribution in [0.25, 0.3) is 0 Å². The number of nitrogen functional groups attached to an aromatic ring is 2. The highest BCUT2D eigenvalue weighted by Crippen LogP contribution is 2.14. The van der Waals surface area contributed by atoms with Gasteiger partial charge in [-0.25, -0.2) is 9.97 Å². The summed E-state index contributed by atoms with van der Waals surface area (Å²) in [4.78, 5) is 11.0. The zero-order valence-corrected chi connectivity index (χ0v) is 8.07. The number of imidazole rings is 1. The van der Waals surface area contributed by atoms with E-state index in [0.29, 0.717) is 23.9 Å². The minimum absolute atomic E-state index is 0.338. The molecule has 0 bridgehead atoms. The number of nitrogens with zero attached hydrogens (tertiary/aromatic N) is 2. The fourth-order valence-corrected chi connectivity index (χ4v) is 1.15. The number of nitrogens with one attached hydrogen (secondary N) is 2. The van der Waals surface area contributed by atoms with Gasteiger partial charge in [-0.15, -0.1) is 0 Å². The van der Waals surface area contributed by atoms with E-state index in [4.69, 9.17) is 11.5 Å². The summed E-state index contributed by atoms with van der Waals surface area (Å²) in [7, 11) is 0. The van der Waals surface area contributed by atoms with E-state index >= 15 is 0 Å². The lowest BCUT2D eigenvalue weighted by Gasteiger charge is -2.05. The molecule has 15 heavy (non-hydrogen) atoms. The van der Waals surface area contributed by atoms with Crippen LogP contribution >= 0.6 is 0 Å². The quantitative estimate of drug-likeness (QED) is 0.585.